The molecule has 1 N–H and O–H groups in total. The van der Waals surface area contributed by atoms with E-state index in [4.69, 9.17) is 5.26 Å². The molecule has 4 nitrogen and oxygen atoms in total. The summed E-state index contributed by atoms with van der Waals surface area (Å²) in [7, 11) is 0. The Morgan fingerprint density at radius 2 is 2.32 bits per heavy atom. The first-order valence-electron chi connectivity index (χ1n) is 6.27. The quantitative estimate of drug-likeness (QED) is 0.906. The minimum absolute atomic E-state index is 0.273. The van der Waals surface area contributed by atoms with Gasteiger partial charge in [0.1, 0.15) is 11.9 Å². The molecule has 0 radical (unpaired) electrons. The number of nitriles is 1. The van der Waals surface area contributed by atoms with Gasteiger partial charge in [0, 0.05) is 6.54 Å². The van der Waals surface area contributed by atoms with Gasteiger partial charge in [-0.1, -0.05) is 12.5 Å². The number of aliphatic carboxylic acids is 1. The van der Waals surface area contributed by atoms with Crippen molar-refractivity contribution in [3.05, 3.63) is 35.1 Å². The molecule has 0 spiro atoms. The molecule has 1 aliphatic heterocycles. The Hall–Kier alpha value is -1.93. The van der Waals surface area contributed by atoms with Crippen molar-refractivity contribution in [1.29, 1.82) is 5.26 Å². The first kappa shape index (κ1) is 13.5. The first-order chi connectivity index (χ1) is 9.11. The lowest BCUT2D eigenvalue weighted by Crippen LogP contribution is -2.44. The second-order valence-electron chi connectivity index (χ2n) is 4.73. The van der Waals surface area contributed by atoms with E-state index < -0.39 is 17.8 Å². The molecular weight excluding hydrogens is 247 g/mol. The Kier molecular flexibility index (Phi) is 4.13. The number of likely N-dealkylation sites (tertiary alicyclic amines) is 1. The number of carboxylic acid groups (broad SMARTS) is 1. The number of halogens is 1. The standard InChI is InChI=1S/C14H15FN2O2/c15-12-5-4-10(11(7-12)8-16)9-17-6-2-1-3-13(17)14(18)19/h4-5,7,13H,1-3,6,9H2,(H,18,19). The van der Waals surface area contributed by atoms with E-state index in [0.717, 1.165) is 12.8 Å². The smallest absolute Gasteiger partial charge is 0.320 e. The van der Waals surface area contributed by atoms with Crippen LogP contribution in [-0.2, 0) is 11.3 Å². The average Bonchev–Trinajstić information content (AvgIpc) is 2.41. The zero-order valence-corrected chi connectivity index (χ0v) is 10.5. The first-order valence-corrected chi connectivity index (χ1v) is 6.27. The zero-order valence-electron chi connectivity index (χ0n) is 10.5. The van der Waals surface area contributed by atoms with Crippen molar-refractivity contribution >= 4 is 5.97 Å². The molecular formula is C14H15FN2O2. The third-order valence-corrected chi connectivity index (χ3v) is 3.46. The summed E-state index contributed by atoms with van der Waals surface area (Å²) in [4.78, 5) is 13.0. The van der Waals surface area contributed by atoms with Crippen molar-refractivity contribution in [2.75, 3.05) is 6.54 Å². The fourth-order valence-corrected chi connectivity index (χ4v) is 2.47. The molecule has 0 amide bonds. The lowest BCUT2D eigenvalue weighted by molar-refractivity contribution is -0.144. The largest absolute Gasteiger partial charge is 0.480 e. The zero-order chi connectivity index (χ0) is 13.8. The predicted octanol–water partition coefficient (Wildman–Crippen LogP) is 2.14. The van der Waals surface area contributed by atoms with Gasteiger partial charge in [0.25, 0.3) is 0 Å². The molecule has 0 bridgehead atoms. The normalized spacial score (nSPS) is 19.9. The summed E-state index contributed by atoms with van der Waals surface area (Å²) < 4.78 is 13.1. The van der Waals surface area contributed by atoms with Crippen LogP contribution in [0, 0.1) is 17.1 Å². The van der Waals surface area contributed by atoms with Crippen molar-refractivity contribution in [1.82, 2.24) is 4.90 Å². The highest BCUT2D eigenvalue weighted by Crippen LogP contribution is 2.21. The van der Waals surface area contributed by atoms with Crippen LogP contribution in [0.15, 0.2) is 18.2 Å². The maximum Gasteiger partial charge on any atom is 0.320 e. The summed E-state index contributed by atoms with van der Waals surface area (Å²) in [5.74, 6) is -1.28. The molecule has 0 saturated carbocycles. The maximum absolute atomic E-state index is 13.1. The molecule has 1 atom stereocenters. The number of nitrogens with zero attached hydrogens (tertiary/aromatic N) is 2. The summed E-state index contributed by atoms with van der Waals surface area (Å²) in [6.45, 7) is 1.07. The molecule has 100 valence electrons. The van der Waals surface area contributed by atoms with E-state index in [2.05, 4.69) is 0 Å². The average molecular weight is 262 g/mol. The number of hydrogen-bond donors (Lipinski definition) is 1. The molecule has 1 aromatic carbocycles. The molecule has 1 fully saturated rings. The van der Waals surface area contributed by atoms with E-state index in [1.807, 2.05) is 11.0 Å². The number of hydrogen-bond acceptors (Lipinski definition) is 3. The van der Waals surface area contributed by atoms with E-state index in [-0.39, 0.29) is 5.56 Å². The number of piperidine rings is 1. The summed E-state index contributed by atoms with van der Waals surface area (Å²) in [5.41, 5.74) is 0.951. The van der Waals surface area contributed by atoms with Gasteiger partial charge in [-0.25, -0.2) is 4.39 Å². The van der Waals surface area contributed by atoms with Crippen molar-refractivity contribution < 1.29 is 14.3 Å². The van der Waals surface area contributed by atoms with Crippen molar-refractivity contribution in [3.63, 3.8) is 0 Å². The van der Waals surface area contributed by atoms with Crippen molar-refractivity contribution in [2.45, 2.75) is 31.8 Å². The van der Waals surface area contributed by atoms with Gasteiger partial charge in [0.05, 0.1) is 11.6 Å². The monoisotopic (exact) mass is 262 g/mol. The Morgan fingerprint density at radius 3 is 3.00 bits per heavy atom. The SMILES string of the molecule is N#Cc1cc(F)ccc1CN1CCCCC1C(=O)O. The molecule has 1 aliphatic rings. The number of benzene rings is 1. The van der Waals surface area contributed by atoms with Gasteiger partial charge in [0.2, 0.25) is 0 Å². The number of rotatable bonds is 3. The Labute approximate surface area is 111 Å². The lowest BCUT2D eigenvalue weighted by Gasteiger charge is -2.33. The highest BCUT2D eigenvalue weighted by atomic mass is 19.1. The van der Waals surface area contributed by atoms with Gasteiger partial charge in [-0.2, -0.15) is 5.26 Å². The minimum Gasteiger partial charge on any atom is -0.480 e. The summed E-state index contributed by atoms with van der Waals surface area (Å²) in [5, 5.41) is 18.2. The van der Waals surface area contributed by atoms with Crippen LogP contribution in [0.5, 0.6) is 0 Å². The molecule has 1 aromatic rings. The molecule has 0 aliphatic carbocycles. The van der Waals surface area contributed by atoms with Crippen molar-refractivity contribution in [2.24, 2.45) is 0 Å². The van der Waals surface area contributed by atoms with Gasteiger partial charge in [0.15, 0.2) is 0 Å². The molecule has 1 heterocycles. The molecule has 1 saturated heterocycles. The number of carboxylic acids is 1. The summed E-state index contributed by atoms with van der Waals surface area (Å²) >= 11 is 0. The highest BCUT2D eigenvalue weighted by molar-refractivity contribution is 5.73. The van der Waals surface area contributed by atoms with Crippen LogP contribution in [0.3, 0.4) is 0 Å². The van der Waals surface area contributed by atoms with Gasteiger partial charge >= 0.3 is 5.97 Å². The lowest BCUT2D eigenvalue weighted by atomic mass is 10.00. The van der Waals surface area contributed by atoms with E-state index in [9.17, 15) is 14.3 Å². The summed E-state index contributed by atoms with van der Waals surface area (Å²) in [6, 6.07) is 5.49. The van der Waals surface area contributed by atoms with Crippen LogP contribution in [-0.4, -0.2) is 28.6 Å². The molecule has 0 aromatic heterocycles. The van der Waals surface area contributed by atoms with Gasteiger partial charge in [-0.15, -0.1) is 0 Å². The minimum atomic E-state index is -0.833. The third kappa shape index (κ3) is 3.09. The van der Waals surface area contributed by atoms with Gasteiger partial charge in [-0.05, 0) is 37.1 Å². The molecule has 5 heteroatoms. The Bertz CT molecular complexity index is 525. The van der Waals surface area contributed by atoms with Crippen LogP contribution in [0.1, 0.15) is 30.4 Å². The second kappa shape index (κ2) is 5.81. The highest BCUT2D eigenvalue weighted by Gasteiger charge is 2.28. The van der Waals surface area contributed by atoms with Crippen LogP contribution in [0.2, 0.25) is 0 Å². The van der Waals surface area contributed by atoms with Crippen molar-refractivity contribution in [3.8, 4) is 6.07 Å². The fraction of sp³-hybridized carbons (Fsp3) is 0.429. The summed E-state index contributed by atoms with van der Waals surface area (Å²) in [6.07, 6.45) is 2.48. The maximum atomic E-state index is 13.1. The van der Waals surface area contributed by atoms with Crippen LogP contribution in [0.25, 0.3) is 0 Å². The van der Waals surface area contributed by atoms with E-state index in [1.165, 1.54) is 12.1 Å². The van der Waals surface area contributed by atoms with Crippen LogP contribution in [0.4, 0.5) is 4.39 Å². The second-order valence-corrected chi connectivity index (χ2v) is 4.73. The molecule has 1 unspecified atom stereocenters. The molecule has 19 heavy (non-hydrogen) atoms. The predicted molar refractivity (Wildman–Crippen MR) is 66.8 cm³/mol. The topological polar surface area (TPSA) is 64.3 Å². The van der Waals surface area contributed by atoms with Gasteiger partial charge < -0.3 is 5.11 Å². The Morgan fingerprint density at radius 1 is 1.53 bits per heavy atom. The van der Waals surface area contributed by atoms with E-state index in [0.29, 0.717) is 25.1 Å². The third-order valence-electron chi connectivity index (χ3n) is 3.46. The Balaban J connectivity index is 2.20. The van der Waals surface area contributed by atoms with Crippen LogP contribution < -0.4 is 0 Å². The van der Waals surface area contributed by atoms with E-state index >= 15 is 0 Å². The molecule has 2 rings (SSSR count). The van der Waals surface area contributed by atoms with Gasteiger partial charge in [-0.3, -0.25) is 9.69 Å². The van der Waals surface area contributed by atoms with Crippen LogP contribution >= 0.6 is 0 Å². The fourth-order valence-electron chi connectivity index (χ4n) is 2.47. The number of carbonyl (C=O) groups is 1. The van der Waals surface area contributed by atoms with E-state index in [1.54, 1.807) is 6.07 Å².